The number of nitrogens with two attached hydrogens (primary N) is 1. The fourth-order valence-corrected chi connectivity index (χ4v) is 2.47. The molecule has 20 heavy (non-hydrogen) atoms. The first-order valence-corrected chi connectivity index (χ1v) is 7.04. The van der Waals surface area contributed by atoms with Gasteiger partial charge in [0.2, 0.25) is 0 Å². The zero-order valence-electron chi connectivity index (χ0n) is 11.2. The molecule has 1 aliphatic heterocycles. The highest BCUT2D eigenvalue weighted by Gasteiger charge is 2.22. The number of hydrogen-bond acceptors (Lipinski definition) is 5. The lowest BCUT2D eigenvalue weighted by Crippen LogP contribution is -2.45. The lowest BCUT2D eigenvalue weighted by atomic mass is 10.0. The van der Waals surface area contributed by atoms with Crippen LogP contribution in [0.4, 0.5) is 5.69 Å². The molecule has 6 nitrogen and oxygen atoms in total. The van der Waals surface area contributed by atoms with E-state index in [2.05, 4.69) is 15.2 Å². The van der Waals surface area contributed by atoms with Crippen LogP contribution in [0.3, 0.4) is 0 Å². The zero-order chi connectivity index (χ0) is 14.5. The number of amides is 1. The summed E-state index contributed by atoms with van der Waals surface area (Å²) in [5.74, 6) is -0.286. The van der Waals surface area contributed by atoms with Crippen LogP contribution in [-0.4, -0.2) is 53.2 Å². The molecule has 1 aliphatic rings. The fraction of sp³-hybridized carbons (Fsp3) is 0.538. The maximum atomic E-state index is 12.1. The van der Waals surface area contributed by atoms with Crippen molar-refractivity contribution in [2.24, 2.45) is 0 Å². The minimum atomic E-state index is -0.286. The van der Waals surface area contributed by atoms with Gasteiger partial charge in [-0.2, -0.15) is 0 Å². The van der Waals surface area contributed by atoms with E-state index in [1.165, 1.54) is 0 Å². The summed E-state index contributed by atoms with van der Waals surface area (Å²) in [4.78, 5) is 18.3. The third kappa shape index (κ3) is 3.82. The van der Waals surface area contributed by atoms with Crippen LogP contribution in [0.1, 0.15) is 23.3 Å². The van der Waals surface area contributed by atoms with Crippen molar-refractivity contribution in [1.82, 2.24) is 15.2 Å². The van der Waals surface area contributed by atoms with E-state index >= 15 is 0 Å². The number of hydrogen-bond donors (Lipinski definition) is 3. The third-order valence-electron chi connectivity index (χ3n) is 3.45. The monoisotopic (exact) mass is 298 g/mol. The lowest BCUT2D eigenvalue weighted by Gasteiger charge is -2.31. The molecule has 4 N–H and O–H groups in total. The molecule has 0 aliphatic carbocycles. The molecule has 7 heteroatoms. The molecular formula is C13H19ClN4O2. The Labute approximate surface area is 122 Å². The smallest absolute Gasteiger partial charge is 0.272 e. The van der Waals surface area contributed by atoms with Crippen molar-refractivity contribution >= 4 is 23.2 Å². The third-order valence-corrected chi connectivity index (χ3v) is 3.66. The normalized spacial score (nSPS) is 17.1. The summed E-state index contributed by atoms with van der Waals surface area (Å²) in [7, 11) is 0. The summed E-state index contributed by atoms with van der Waals surface area (Å²) in [6.07, 6.45) is 1.71. The number of pyridine rings is 1. The molecule has 0 aromatic carbocycles. The van der Waals surface area contributed by atoms with Crippen LogP contribution in [0, 0.1) is 0 Å². The minimum Gasteiger partial charge on any atom is -0.397 e. The van der Waals surface area contributed by atoms with Crippen molar-refractivity contribution in [2.75, 3.05) is 32.0 Å². The van der Waals surface area contributed by atoms with Crippen LogP contribution in [0.5, 0.6) is 0 Å². The number of anilines is 1. The summed E-state index contributed by atoms with van der Waals surface area (Å²) < 4.78 is 0. The SMILES string of the molecule is Nc1ccc(Cl)nc1C(=O)NC1CCN(CCO)CC1. The van der Waals surface area contributed by atoms with Gasteiger partial charge in [-0.15, -0.1) is 0 Å². The number of nitrogens with one attached hydrogen (secondary N) is 1. The number of likely N-dealkylation sites (tertiary alicyclic amines) is 1. The number of nitrogens with zero attached hydrogens (tertiary/aromatic N) is 2. The summed E-state index contributed by atoms with van der Waals surface area (Å²) in [5, 5.41) is 12.1. The molecule has 1 fully saturated rings. The molecule has 0 atom stereocenters. The molecule has 2 rings (SSSR count). The molecule has 0 spiro atoms. The maximum absolute atomic E-state index is 12.1. The summed E-state index contributed by atoms with van der Waals surface area (Å²) in [6, 6.07) is 3.24. The van der Waals surface area contributed by atoms with Crippen LogP contribution in [0.25, 0.3) is 0 Å². The van der Waals surface area contributed by atoms with Crippen molar-refractivity contribution in [3.05, 3.63) is 23.0 Å². The molecule has 1 amide bonds. The number of rotatable bonds is 4. The summed E-state index contributed by atoms with van der Waals surface area (Å²) >= 11 is 5.78. The van der Waals surface area contributed by atoms with E-state index in [0.717, 1.165) is 25.9 Å². The predicted molar refractivity (Wildman–Crippen MR) is 77.7 cm³/mol. The van der Waals surface area contributed by atoms with Gasteiger partial charge in [-0.1, -0.05) is 11.6 Å². The molecular weight excluding hydrogens is 280 g/mol. The molecule has 0 saturated carbocycles. The topological polar surface area (TPSA) is 91.5 Å². The van der Waals surface area contributed by atoms with E-state index in [1.54, 1.807) is 12.1 Å². The van der Waals surface area contributed by atoms with Crippen LogP contribution in [0.2, 0.25) is 5.15 Å². The van der Waals surface area contributed by atoms with Gasteiger partial charge in [-0.05, 0) is 25.0 Å². The zero-order valence-corrected chi connectivity index (χ0v) is 11.9. The molecule has 1 aromatic rings. The lowest BCUT2D eigenvalue weighted by molar-refractivity contribution is 0.0899. The highest BCUT2D eigenvalue weighted by Crippen LogP contribution is 2.15. The number of β-amino-alcohol motifs (C(OH)–C–C–N with tert-alkyl or cyclic N) is 1. The van der Waals surface area contributed by atoms with Gasteiger partial charge in [0, 0.05) is 25.7 Å². The highest BCUT2D eigenvalue weighted by atomic mass is 35.5. The molecule has 1 saturated heterocycles. The second kappa shape index (κ2) is 6.88. The summed E-state index contributed by atoms with van der Waals surface area (Å²) in [6.45, 7) is 2.58. The molecule has 110 valence electrons. The second-order valence-corrected chi connectivity index (χ2v) is 5.27. The number of halogens is 1. The van der Waals surface area contributed by atoms with E-state index in [9.17, 15) is 4.79 Å². The maximum Gasteiger partial charge on any atom is 0.272 e. The first-order valence-electron chi connectivity index (χ1n) is 6.66. The van der Waals surface area contributed by atoms with Gasteiger partial charge >= 0.3 is 0 Å². The van der Waals surface area contributed by atoms with Gasteiger partial charge in [0.05, 0.1) is 12.3 Å². The Balaban J connectivity index is 1.91. The molecule has 0 bridgehead atoms. The Bertz CT molecular complexity index is 475. The number of aliphatic hydroxyl groups excluding tert-OH is 1. The van der Waals surface area contributed by atoms with E-state index in [0.29, 0.717) is 12.2 Å². The number of aromatic nitrogens is 1. The summed E-state index contributed by atoms with van der Waals surface area (Å²) in [5.41, 5.74) is 6.24. The number of nitrogen functional groups attached to an aromatic ring is 1. The van der Waals surface area contributed by atoms with Crippen LogP contribution < -0.4 is 11.1 Å². The Morgan fingerprint density at radius 3 is 2.85 bits per heavy atom. The van der Waals surface area contributed by atoms with Crippen molar-refractivity contribution in [3.63, 3.8) is 0 Å². The minimum absolute atomic E-state index is 0.109. The van der Waals surface area contributed by atoms with Gasteiger partial charge < -0.3 is 21.1 Å². The first kappa shape index (κ1) is 15.0. The highest BCUT2D eigenvalue weighted by molar-refractivity contribution is 6.29. The van der Waals surface area contributed by atoms with Crippen LogP contribution in [-0.2, 0) is 0 Å². The number of carbonyl (C=O) groups is 1. The molecule has 0 unspecified atom stereocenters. The predicted octanol–water partition coefficient (Wildman–Crippen LogP) is 0.504. The van der Waals surface area contributed by atoms with Gasteiger partial charge in [0.1, 0.15) is 5.15 Å². The molecule has 1 aromatic heterocycles. The van der Waals surface area contributed by atoms with Crippen molar-refractivity contribution in [2.45, 2.75) is 18.9 Å². The Hall–Kier alpha value is -1.37. The van der Waals surface area contributed by atoms with Crippen LogP contribution >= 0.6 is 11.6 Å². The van der Waals surface area contributed by atoms with E-state index < -0.39 is 0 Å². The number of aliphatic hydroxyl groups is 1. The fourth-order valence-electron chi connectivity index (χ4n) is 2.32. The standard InChI is InChI=1S/C13H19ClN4O2/c14-11-2-1-10(15)12(17-11)13(20)16-9-3-5-18(6-4-9)7-8-19/h1-2,9,19H,3-8,15H2,(H,16,20). The van der Waals surface area contributed by atoms with Crippen molar-refractivity contribution < 1.29 is 9.90 Å². The Morgan fingerprint density at radius 2 is 2.20 bits per heavy atom. The second-order valence-electron chi connectivity index (χ2n) is 4.88. The van der Waals surface area contributed by atoms with Gasteiger partial charge in [-0.25, -0.2) is 4.98 Å². The van der Waals surface area contributed by atoms with E-state index in [-0.39, 0.29) is 29.4 Å². The van der Waals surface area contributed by atoms with E-state index in [1.807, 2.05) is 0 Å². The van der Waals surface area contributed by atoms with Crippen molar-refractivity contribution in [1.29, 1.82) is 0 Å². The Kier molecular flexibility index (Phi) is 5.17. The molecule has 2 heterocycles. The van der Waals surface area contributed by atoms with Crippen molar-refractivity contribution in [3.8, 4) is 0 Å². The van der Waals surface area contributed by atoms with E-state index in [4.69, 9.17) is 22.4 Å². The first-order chi connectivity index (χ1) is 9.60. The molecule has 0 radical (unpaired) electrons. The van der Waals surface area contributed by atoms with Gasteiger partial charge in [0.15, 0.2) is 5.69 Å². The average molecular weight is 299 g/mol. The number of carbonyl (C=O) groups excluding carboxylic acids is 1. The quantitative estimate of drug-likeness (QED) is 0.704. The average Bonchev–Trinajstić information content (AvgIpc) is 2.44. The largest absolute Gasteiger partial charge is 0.397 e. The van der Waals surface area contributed by atoms with Gasteiger partial charge in [0.25, 0.3) is 5.91 Å². The van der Waals surface area contributed by atoms with Gasteiger partial charge in [-0.3, -0.25) is 4.79 Å². The van der Waals surface area contributed by atoms with Crippen LogP contribution in [0.15, 0.2) is 12.1 Å². The Morgan fingerprint density at radius 1 is 1.50 bits per heavy atom. The number of piperidine rings is 1.